The van der Waals surface area contributed by atoms with Gasteiger partial charge < -0.3 is 4.79 Å². The summed E-state index contributed by atoms with van der Waals surface area (Å²) in [5, 5.41) is 0. The van der Waals surface area contributed by atoms with E-state index in [1.807, 2.05) is 0 Å². The average molecular weight is 172 g/mol. The molecule has 0 N–H and O–H groups in total. The van der Waals surface area contributed by atoms with Gasteiger partial charge in [-0.1, -0.05) is 52.4 Å². The number of carbonyl (C=O) groups excluding carboxylic acids is 1. The van der Waals surface area contributed by atoms with Gasteiger partial charge in [0.1, 0.15) is 5.78 Å². The summed E-state index contributed by atoms with van der Waals surface area (Å²) in [5.41, 5.74) is 0. The van der Waals surface area contributed by atoms with Crippen LogP contribution in [0.2, 0.25) is 0 Å². The Balaban J connectivity index is 0. The highest BCUT2D eigenvalue weighted by atomic mass is 16.1. The Morgan fingerprint density at radius 1 is 0.833 bits per heavy atom. The van der Waals surface area contributed by atoms with E-state index in [9.17, 15) is 4.79 Å². The predicted molar refractivity (Wildman–Crippen MR) is 55.4 cm³/mol. The molecule has 0 rings (SSSR count). The third-order valence-corrected chi connectivity index (χ3v) is 1.46. The Labute approximate surface area is 77.6 Å². The van der Waals surface area contributed by atoms with E-state index in [0.717, 1.165) is 0 Å². The van der Waals surface area contributed by atoms with Crippen LogP contribution in [0.15, 0.2) is 0 Å². The van der Waals surface area contributed by atoms with E-state index in [2.05, 4.69) is 13.8 Å². The highest BCUT2D eigenvalue weighted by molar-refractivity contribution is 5.72. The van der Waals surface area contributed by atoms with Crippen molar-refractivity contribution in [2.24, 2.45) is 0 Å². The Bertz CT molecular complexity index is 77.0. The molecule has 12 heavy (non-hydrogen) atoms. The van der Waals surface area contributed by atoms with Crippen molar-refractivity contribution < 1.29 is 4.79 Å². The monoisotopic (exact) mass is 172 g/mol. The van der Waals surface area contributed by atoms with Gasteiger partial charge in [0.2, 0.25) is 0 Å². The van der Waals surface area contributed by atoms with E-state index in [-0.39, 0.29) is 5.78 Å². The fourth-order valence-electron chi connectivity index (χ4n) is 0.854. The third-order valence-electron chi connectivity index (χ3n) is 1.46. The molecular formula is C11H24O. The van der Waals surface area contributed by atoms with Gasteiger partial charge >= 0.3 is 0 Å². The average Bonchev–Trinajstić information content (AvgIpc) is 1.97. The molecule has 0 fully saturated rings. The molecule has 0 aliphatic rings. The summed E-state index contributed by atoms with van der Waals surface area (Å²) in [6, 6.07) is 0. The lowest BCUT2D eigenvalue weighted by molar-refractivity contribution is -0.114. The van der Waals surface area contributed by atoms with Crippen LogP contribution in [0.3, 0.4) is 0 Å². The minimum absolute atomic E-state index is 0.167. The number of unbranched alkanes of at least 4 members (excludes halogenated alkanes) is 5. The van der Waals surface area contributed by atoms with Crippen molar-refractivity contribution in [2.45, 2.75) is 66.2 Å². The van der Waals surface area contributed by atoms with Crippen LogP contribution in [0.1, 0.15) is 66.2 Å². The van der Waals surface area contributed by atoms with Gasteiger partial charge in [0.05, 0.1) is 0 Å². The molecule has 0 bridgehead atoms. The SMILES string of the molecule is CC(C)=O.CCCCCCCC. The summed E-state index contributed by atoms with van der Waals surface area (Å²) < 4.78 is 0. The Morgan fingerprint density at radius 2 is 1.08 bits per heavy atom. The smallest absolute Gasteiger partial charge is 0.126 e. The molecule has 0 aromatic heterocycles. The molecule has 0 heterocycles. The van der Waals surface area contributed by atoms with Gasteiger partial charge in [0.25, 0.3) is 0 Å². The van der Waals surface area contributed by atoms with Crippen LogP contribution in [0, 0.1) is 0 Å². The van der Waals surface area contributed by atoms with Crippen molar-refractivity contribution in [3.63, 3.8) is 0 Å². The van der Waals surface area contributed by atoms with Crippen LogP contribution in [0.5, 0.6) is 0 Å². The lowest BCUT2D eigenvalue weighted by Crippen LogP contribution is -1.73. The van der Waals surface area contributed by atoms with Crippen molar-refractivity contribution in [1.29, 1.82) is 0 Å². The summed E-state index contributed by atoms with van der Waals surface area (Å²) >= 11 is 0. The van der Waals surface area contributed by atoms with Gasteiger partial charge in [0, 0.05) is 0 Å². The molecule has 0 radical (unpaired) electrons. The Kier molecular flexibility index (Phi) is 15.7. The molecule has 1 heteroatoms. The van der Waals surface area contributed by atoms with Crippen LogP contribution >= 0.6 is 0 Å². The van der Waals surface area contributed by atoms with Crippen LogP contribution in [-0.4, -0.2) is 5.78 Å². The van der Waals surface area contributed by atoms with Crippen molar-refractivity contribution in [3.8, 4) is 0 Å². The van der Waals surface area contributed by atoms with E-state index < -0.39 is 0 Å². The highest BCUT2D eigenvalue weighted by Crippen LogP contribution is 2.03. The number of carbonyl (C=O) groups is 1. The molecule has 0 atom stereocenters. The molecule has 0 spiro atoms. The van der Waals surface area contributed by atoms with Gasteiger partial charge in [0.15, 0.2) is 0 Å². The van der Waals surface area contributed by atoms with E-state index in [4.69, 9.17) is 0 Å². The second-order valence-electron chi connectivity index (χ2n) is 3.32. The summed E-state index contributed by atoms with van der Waals surface area (Å²) in [6.45, 7) is 7.57. The summed E-state index contributed by atoms with van der Waals surface area (Å²) in [7, 11) is 0. The topological polar surface area (TPSA) is 17.1 Å². The first-order chi connectivity index (χ1) is 5.65. The van der Waals surface area contributed by atoms with E-state index in [1.165, 1.54) is 52.4 Å². The van der Waals surface area contributed by atoms with Crippen LogP contribution in [0.4, 0.5) is 0 Å². The first-order valence-electron chi connectivity index (χ1n) is 5.12. The molecule has 0 unspecified atom stereocenters. The maximum atomic E-state index is 9.44. The zero-order chi connectivity index (χ0) is 9.82. The third kappa shape index (κ3) is 33.3. The van der Waals surface area contributed by atoms with Crippen LogP contribution in [-0.2, 0) is 4.79 Å². The van der Waals surface area contributed by atoms with Gasteiger partial charge in [-0.3, -0.25) is 0 Å². The Hall–Kier alpha value is -0.330. The number of Topliss-reactive ketones (excluding diaryl/α,β-unsaturated/α-hetero) is 1. The zero-order valence-electron chi connectivity index (χ0n) is 9.15. The van der Waals surface area contributed by atoms with E-state index >= 15 is 0 Å². The van der Waals surface area contributed by atoms with E-state index in [0.29, 0.717) is 0 Å². The molecule has 0 aromatic rings. The summed E-state index contributed by atoms with van der Waals surface area (Å²) in [4.78, 5) is 9.44. The lowest BCUT2D eigenvalue weighted by Gasteiger charge is -1.93. The second kappa shape index (κ2) is 13.3. The summed E-state index contributed by atoms with van der Waals surface area (Å²) in [6.07, 6.45) is 8.49. The van der Waals surface area contributed by atoms with Gasteiger partial charge in [-0.2, -0.15) is 0 Å². The maximum Gasteiger partial charge on any atom is 0.126 e. The molecule has 1 nitrogen and oxygen atoms in total. The van der Waals surface area contributed by atoms with Gasteiger partial charge in [-0.15, -0.1) is 0 Å². The molecule has 0 saturated heterocycles. The van der Waals surface area contributed by atoms with Gasteiger partial charge in [-0.25, -0.2) is 0 Å². The molecule has 0 saturated carbocycles. The zero-order valence-corrected chi connectivity index (χ0v) is 9.15. The van der Waals surface area contributed by atoms with Gasteiger partial charge in [-0.05, 0) is 13.8 Å². The molecule has 0 aromatic carbocycles. The number of hydrogen-bond acceptors (Lipinski definition) is 1. The summed E-state index contributed by atoms with van der Waals surface area (Å²) in [5.74, 6) is 0.167. The second-order valence-corrected chi connectivity index (χ2v) is 3.32. The normalized spacial score (nSPS) is 8.67. The largest absolute Gasteiger partial charge is 0.300 e. The number of ketones is 1. The molecule has 0 amide bonds. The first kappa shape index (κ1) is 14.2. The van der Waals surface area contributed by atoms with Crippen molar-refractivity contribution in [2.75, 3.05) is 0 Å². The van der Waals surface area contributed by atoms with Crippen LogP contribution < -0.4 is 0 Å². The number of rotatable bonds is 5. The maximum absolute atomic E-state index is 9.44. The molecule has 74 valence electrons. The minimum Gasteiger partial charge on any atom is -0.300 e. The fraction of sp³-hybridized carbons (Fsp3) is 0.909. The number of hydrogen-bond donors (Lipinski definition) is 0. The quantitative estimate of drug-likeness (QED) is 0.574. The molecular weight excluding hydrogens is 148 g/mol. The standard InChI is InChI=1S/C8H18.C3H6O/c1-3-5-7-8-6-4-2;1-3(2)4/h3-8H2,1-2H3;1-2H3. The van der Waals surface area contributed by atoms with Crippen molar-refractivity contribution >= 4 is 5.78 Å². The molecule has 0 aliphatic heterocycles. The Morgan fingerprint density at radius 3 is 1.25 bits per heavy atom. The lowest BCUT2D eigenvalue weighted by atomic mass is 10.1. The fourth-order valence-corrected chi connectivity index (χ4v) is 0.854. The van der Waals surface area contributed by atoms with Crippen molar-refractivity contribution in [1.82, 2.24) is 0 Å². The minimum atomic E-state index is 0.167. The molecule has 0 aliphatic carbocycles. The highest BCUT2D eigenvalue weighted by Gasteiger charge is 1.83. The predicted octanol–water partition coefficient (Wildman–Crippen LogP) is 3.96. The van der Waals surface area contributed by atoms with Crippen LogP contribution in [0.25, 0.3) is 0 Å². The first-order valence-corrected chi connectivity index (χ1v) is 5.12. The van der Waals surface area contributed by atoms with Crippen molar-refractivity contribution in [3.05, 3.63) is 0 Å². The van der Waals surface area contributed by atoms with E-state index in [1.54, 1.807) is 0 Å².